The zero-order valence-electron chi connectivity index (χ0n) is 8.33. The lowest BCUT2D eigenvalue weighted by Gasteiger charge is -2.31. The Morgan fingerprint density at radius 2 is 1.92 bits per heavy atom. The molecule has 1 aliphatic heterocycles. The highest BCUT2D eigenvalue weighted by Crippen LogP contribution is 2.00. The smallest absolute Gasteiger partial charge is 0.129 e. The molecule has 1 rings (SSSR count). The van der Waals surface area contributed by atoms with E-state index < -0.39 is 0 Å². The average Bonchev–Trinajstić information content (AvgIpc) is 2.08. The molecule has 1 saturated heterocycles. The molecule has 0 atom stereocenters. The van der Waals surface area contributed by atoms with Crippen LogP contribution in [-0.2, 0) is 4.79 Å². The molecule has 13 heavy (non-hydrogen) atoms. The normalized spacial score (nSPS) is 20.5. The van der Waals surface area contributed by atoms with Gasteiger partial charge in [0.1, 0.15) is 5.78 Å². The average molecular weight is 185 g/mol. The first-order valence-corrected chi connectivity index (χ1v) is 4.90. The van der Waals surface area contributed by atoms with Crippen molar-refractivity contribution < 1.29 is 4.79 Å². The number of ketones is 1. The number of carbonyl (C=O) groups excluding carboxylic acids is 1. The lowest BCUT2D eigenvalue weighted by atomic mass is 10.2. The fourth-order valence-electron chi connectivity index (χ4n) is 1.54. The van der Waals surface area contributed by atoms with Crippen molar-refractivity contribution in [2.45, 2.75) is 19.8 Å². The van der Waals surface area contributed by atoms with Crippen LogP contribution in [0.25, 0.3) is 0 Å². The summed E-state index contributed by atoms with van der Waals surface area (Å²) in [5.74, 6) is 5.92. The zero-order valence-corrected chi connectivity index (χ0v) is 8.33. The van der Waals surface area contributed by atoms with Crippen molar-refractivity contribution in [3.63, 3.8) is 0 Å². The number of nitrogens with zero attached hydrogens (tertiary/aromatic N) is 2. The molecule has 0 unspecified atom stereocenters. The van der Waals surface area contributed by atoms with Gasteiger partial charge in [-0.2, -0.15) is 0 Å². The molecule has 0 aromatic heterocycles. The summed E-state index contributed by atoms with van der Waals surface area (Å²) < 4.78 is 0. The number of rotatable bonds is 4. The van der Waals surface area contributed by atoms with E-state index in [9.17, 15) is 4.79 Å². The van der Waals surface area contributed by atoms with E-state index in [1.54, 1.807) is 6.92 Å². The van der Waals surface area contributed by atoms with Gasteiger partial charge in [0, 0.05) is 32.6 Å². The molecule has 0 saturated carbocycles. The molecular formula is C9H19N3O. The van der Waals surface area contributed by atoms with Gasteiger partial charge in [-0.05, 0) is 19.9 Å². The standard InChI is InChI=1S/C9H19N3O/c1-9(13)3-2-4-11-5-7-12(10)8-6-11/h2-8,10H2,1H3. The summed E-state index contributed by atoms with van der Waals surface area (Å²) in [5, 5.41) is 1.85. The Balaban J connectivity index is 2.05. The Morgan fingerprint density at radius 3 is 2.46 bits per heavy atom. The first-order valence-electron chi connectivity index (χ1n) is 4.90. The highest BCUT2D eigenvalue weighted by Gasteiger charge is 2.13. The number of hydrazine groups is 1. The number of hydrogen-bond donors (Lipinski definition) is 1. The monoisotopic (exact) mass is 185 g/mol. The molecule has 1 aliphatic rings. The van der Waals surface area contributed by atoms with Crippen molar-refractivity contribution in [2.75, 3.05) is 32.7 Å². The topological polar surface area (TPSA) is 49.6 Å². The second-order valence-electron chi connectivity index (χ2n) is 3.68. The Morgan fingerprint density at radius 1 is 1.31 bits per heavy atom. The van der Waals surface area contributed by atoms with Gasteiger partial charge < -0.3 is 9.69 Å². The summed E-state index contributed by atoms with van der Waals surface area (Å²) in [6.07, 6.45) is 1.70. The van der Waals surface area contributed by atoms with Crippen LogP contribution in [0.15, 0.2) is 0 Å². The van der Waals surface area contributed by atoms with Gasteiger partial charge in [-0.3, -0.25) is 5.84 Å². The second-order valence-corrected chi connectivity index (χ2v) is 3.68. The maximum Gasteiger partial charge on any atom is 0.129 e. The van der Waals surface area contributed by atoms with Crippen molar-refractivity contribution in [1.82, 2.24) is 9.91 Å². The molecule has 1 heterocycles. The van der Waals surface area contributed by atoms with Gasteiger partial charge in [-0.25, -0.2) is 5.01 Å². The largest absolute Gasteiger partial charge is 0.301 e. The lowest BCUT2D eigenvalue weighted by Crippen LogP contribution is -2.49. The van der Waals surface area contributed by atoms with Gasteiger partial charge in [-0.15, -0.1) is 0 Å². The minimum atomic E-state index is 0.289. The van der Waals surface area contributed by atoms with Gasteiger partial charge in [0.25, 0.3) is 0 Å². The molecule has 76 valence electrons. The van der Waals surface area contributed by atoms with Crippen LogP contribution < -0.4 is 5.84 Å². The van der Waals surface area contributed by atoms with E-state index in [1.165, 1.54) is 0 Å². The van der Waals surface area contributed by atoms with Gasteiger partial charge in [0.2, 0.25) is 0 Å². The summed E-state index contributed by atoms with van der Waals surface area (Å²) in [5.41, 5.74) is 0. The molecule has 0 aliphatic carbocycles. The molecule has 0 aromatic rings. The molecule has 0 bridgehead atoms. The Hall–Kier alpha value is -0.450. The third kappa shape index (κ3) is 4.36. The third-order valence-corrected chi connectivity index (χ3v) is 2.41. The molecule has 4 nitrogen and oxygen atoms in total. The molecule has 1 fully saturated rings. The maximum atomic E-state index is 10.7. The summed E-state index contributed by atoms with van der Waals surface area (Å²) >= 11 is 0. The number of hydrogen-bond acceptors (Lipinski definition) is 4. The Bertz CT molecular complexity index is 164. The molecule has 0 spiro atoms. The predicted molar refractivity (Wildman–Crippen MR) is 52.1 cm³/mol. The fraction of sp³-hybridized carbons (Fsp3) is 0.889. The minimum Gasteiger partial charge on any atom is -0.301 e. The third-order valence-electron chi connectivity index (χ3n) is 2.41. The van der Waals surface area contributed by atoms with E-state index in [2.05, 4.69) is 4.90 Å². The fourth-order valence-corrected chi connectivity index (χ4v) is 1.54. The van der Waals surface area contributed by atoms with Crippen LogP contribution in [0.5, 0.6) is 0 Å². The highest BCUT2D eigenvalue weighted by atomic mass is 16.1. The van der Waals surface area contributed by atoms with Crippen LogP contribution in [0, 0.1) is 0 Å². The molecule has 2 N–H and O–H groups in total. The van der Waals surface area contributed by atoms with Crippen LogP contribution >= 0.6 is 0 Å². The summed E-state index contributed by atoms with van der Waals surface area (Å²) in [4.78, 5) is 13.1. The van der Waals surface area contributed by atoms with Crippen molar-refractivity contribution in [1.29, 1.82) is 0 Å². The van der Waals surface area contributed by atoms with E-state index in [4.69, 9.17) is 5.84 Å². The maximum absolute atomic E-state index is 10.7. The molecule has 4 heteroatoms. The van der Waals surface area contributed by atoms with Crippen molar-refractivity contribution in [3.8, 4) is 0 Å². The van der Waals surface area contributed by atoms with Gasteiger partial charge in [-0.1, -0.05) is 0 Å². The van der Waals surface area contributed by atoms with E-state index >= 15 is 0 Å². The first-order chi connectivity index (χ1) is 6.18. The minimum absolute atomic E-state index is 0.289. The summed E-state index contributed by atoms with van der Waals surface area (Å²) in [6.45, 7) is 6.65. The summed E-state index contributed by atoms with van der Waals surface area (Å²) in [6, 6.07) is 0. The first kappa shape index (κ1) is 10.6. The van der Waals surface area contributed by atoms with Crippen LogP contribution in [0.2, 0.25) is 0 Å². The van der Waals surface area contributed by atoms with Gasteiger partial charge in [0.15, 0.2) is 0 Å². The number of nitrogens with two attached hydrogens (primary N) is 1. The van der Waals surface area contributed by atoms with Gasteiger partial charge >= 0.3 is 0 Å². The van der Waals surface area contributed by atoms with Crippen molar-refractivity contribution in [3.05, 3.63) is 0 Å². The van der Waals surface area contributed by atoms with Crippen molar-refractivity contribution >= 4 is 5.78 Å². The van der Waals surface area contributed by atoms with Crippen LogP contribution in [0.1, 0.15) is 19.8 Å². The van der Waals surface area contributed by atoms with E-state index in [0.29, 0.717) is 6.42 Å². The number of carbonyl (C=O) groups is 1. The highest BCUT2D eigenvalue weighted by molar-refractivity contribution is 5.75. The van der Waals surface area contributed by atoms with Crippen LogP contribution in [0.4, 0.5) is 0 Å². The van der Waals surface area contributed by atoms with Gasteiger partial charge in [0.05, 0.1) is 0 Å². The lowest BCUT2D eigenvalue weighted by molar-refractivity contribution is -0.117. The summed E-state index contributed by atoms with van der Waals surface area (Å²) in [7, 11) is 0. The molecule has 0 aromatic carbocycles. The van der Waals surface area contributed by atoms with E-state index in [0.717, 1.165) is 39.1 Å². The SMILES string of the molecule is CC(=O)CCCN1CCN(N)CC1. The number of piperazine rings is 1. The van der Waals surface area contributed by atoms with Crippen LogP contribution in [-0.4, -0.2) is 48.4 Å². The van der Waals surface area contributed by atoms with E-state index in [1.807, 2.05) is 5.01 Å². The van der Waals surface area contributed by atoms with Crippen LogP contribution in [0.3, 0.4) is 0 Å². The zero-order chi connectivity index (χ0) is 9.68. The quantitative estimate of drug-likeness (QED) is 0.619. The number of Topliss-reactive ketones (excluding diaryl/α,β-unsaturated/α-hetero) is 1. The Kier molecular flexibility index (Phi) is 4.35. The molecule has 0 amide bonds. The predicted octanol–water partition coefficient (Wildman–Crippen LogP) is -0.153. The Labute approximate surface area is 79.6 Å². The molecular weight excluding hydrogens is 166 g/mol. The van der Waals surface area contributed by atoms with E-state index in [-0.39, 0.29) is 5.78 Å². The molecule has 0 radical (unpaired) electrons. The van der Waals surface area contributed by atoms with Crippen molar-refractivity contribution in [2.24, 2.45) is 5.84 Å². The second kappa shape index (κ2) is 5.32.